The third kappa shape index (κ3) is 7.73. The minimum Gasteiger partial charge on any atom is -0.497 e. The van der Waals surface area contributed by atoms with Gasteiger partial charge in [0.05, 0.1) is 19.3 Å². The third-order valence-corrected chi connectivity index (χ3v) is 4.25. The molecule has 0 aliphatic heterocycles. The molecule has 0 unspecified atom stereocenters. The smallest absolute Gasteiger partial charge is 0.416 e. The number of aliphatic imine (C=N–C) groups is 1. The molecule has 1 saturated carbocycles. The average Bonchev–Trinajstić information content (AvgIpc) is 3.42. The van der Waals surface area contributed by atoms with Gasteiger partial charge < -0.3 is 19.7 Å². The molecule has 0 spiro atoms. The topological polar surface area (TPSA) is 46.1 Å². The molecule has 1 aliphatic rings. The Morgan fingerprint density at radius 3 is 2.59 bits per heavy atom. The highest BCUT2D eigenvalue weighted by Crippen LogP contribution is 2.34. The van der Waals surface area contributed by atoms with E-state index in [2.05, 4.69) is 10.3 Å². The molecule has 154 valence electrons. The molecule has 1 aliphatic carbocycles. The maximum atomic E-state index is 13.3. The summed E-state index contributed by atoms with van der Waals surface area (Å²) in [5, 5.41) is 2.98. The van der Waals surface area contributed by atoms with Crippen LogP contribution in [0.5, 0.6) is 5.75 Å². The van der Waals surface area contributed by atoms with Crippen LogP contribution in [0.2, 0.25) is 0 Å². The van der Waals surface area contributed by atoms with Gasteiger partial charge in [0.25, 0.3) is 0 Å². The zero-order chi connectivity index (χ0) is 19.2. The highest BCUT2D eigenvalue weighted by atomic mass is 127. The van der Waals surface area contributed by atoms with Gasteiger partial charge in [0.1, 0.15) is 5.75 Å². The summed E-state index contributed by atoms with van der Waals surface area (Å²) in [6, 6.07) is 3.94. The van der Waals surface area contributed by atoms with Crippen LogP contribution in [-0.2, 0) is 17.5 Å². The summed E-state index contributed by atoms with van der Waals surface area (Å²) in [6.07, 6.45) is -1.97. The molecule has 0 saturated heterocycles. The fraction of sp³-hybridized carbons (Fsp3) is 0.611. The van der Waals surface area contributed by atoms with E-state index in [1.807, 2.05) is 11.9 Å². The summed E-state index contributed by atoms with van der Waals surface area (Å²) in [5.41, 5.74) is -0.576. The molecule has 27 heavy (non-hydrogen) atoms. The first-order valence-corrected chi connectivity index (χ1v) is 8.58. The van der Waals surface area contributed by atoms with Crippen molar-refractivity contribution in [3.8, 4) is 5.75 Å². The van der Waals surface area contributed by atoms with Gasteiger partial charge in [-0.15, -0.1) is 24.0 Å². The van der Waals surface area contributed by atoms with Gasteiger partial charge in [0, 0.05) is 33.8 Å². The number of guanidine groups is 1. The number of hydrogen-bond acceptors (Lipinski definition) is 3. The molecular formula is C18H27F3IN3O2. The summed E-state index contributed by atoms with van der Waals surface area (Å²) < 4.78 is 50.3. The van der Waals surface area contributed by atoms with Crippen molar-refractivity contribution in [3.05, 3.63) is 29.3 Å². The van der Waals surface area contributed by atoms with E-state index < -0.39 is 11.7 Å². The number of halogens is 4. The second kappa shape index (κ2) is 10.9. The van der Waals surface area contributed by atoms with Gasteiger partial charge in [-0.3, -0.25) is 4.99 Å². The minimum atomic E-state index is -4.45. The molecule has 1 aromatic carbocycles. The van der Waals surface area contributed by atoms with Gasteiger partial charge in [-0.2, -0.15) is 13.2 Å². The molecule has 0 bridgehead atoms. The number of alkyl halides is 3. The Labute approximate surface area is 175 Å². The standard InChI is InChI=1S/C18H26F3N3O2.HI/c1-22-17(24(2)8-9-26-12-13-4-5-13)23-11-14-6-7-15(25-3)10-16(14)18(19,20)21;/h6-7,10,13H,4-5,8-9,11-12H2,1-3H3,(H,22,23);1H. The number of rotatable bonds is 8. The highest BCUT2D eigenvalue weighted by molar-refractivity contribution is 14.0. The van der Waals surface area contributed by atoms with Crippen LogP contribution < -0.4 is 10.1 Å². The Morgan fingerprint density at radius 1 is 1.33 bits per heavy atom. The number of hydrogen-bond donors (Lipinski definition) is 1. The Bertz CT molecular complexity index is 622. The van der Waals surface area contributed by atoms with Crippen LogP contribution in [0.1, 0.15) is 24.0 Å². The first-order chi connectivity index (χ1) is 12.3. The fourth-order valence-corrected chi connectivity index (χ4v) is 2.50. The lowest BCUT2D eigenvalue weighted by molar-refractivity contribution is -0.138. The van der Waals surface area contributed by atoms with Crippen LogP contribution in [0.25, 0.3) is 0 Å². The molecule has 0 atom stereocenters. The molecule has 1 N–H and O–H groups in total. The van der Waals surface area contributed by atoms with E-state index >= 15 is 0 Å². The van der Waals surface area contributed by atoms with Crippen molar-refractivity contribution in [2.75, 3.05) is 41.0 Å². The zero-order valence-corrected chi connectivity index (χ0v) is 18.1. The zero-order valence-electron chi connectivity index (χ0n) is 15.8. The number of methoxy groups -OCH3 is 1. The minimum absolute atomic E-state index is 0. The van der Waals surface area contributed by atoms with E-state index in [1.165, 1.54) is 32.1 Å². The van der Waals surface area contributed by atoms with Crippen molar-refractivity contribution in [2.24, 2.45) is 10.9 Å². The molecule has 0 heterocycles. The Balaban J connectivity index is 0.00000364. The largest absolute Gasteiger partial charge is 0.497 e. The summed E-state index contributed by atoms with van der Waals surface area (Å²) in [6.45, 7) is 1.96. The lowest BCUT2D eigenvalue weighted by Crippen LogP contribution is -2.40. The van der Waals surface area contributed by atoms with Crippen LogP contribution in [0.15, 0.2) is 23.2 Å². The monoisotopic (exact) mass is 501 g/mol. The van der Waals surface area contributed by atoms with Crippen LogP contribution in [0.3, 0.4) is 0 Å². The third-order valence-electron chi connectivity index (χ3n) is 4.25. The molecule has 2 rings (SSSR count). The van der Waals surface area contributed by atoms with E-state index in [0.29, 0.717) is 25.0 Å². The van der Waals surface area contributed by atoms with Gasteiger partial charge in [-0.05, 0) is 36.5 Å². The second-order valence-electron chi connectivity index (χ2n) is 6.36. The molecular weight excluding hydrogens is 474 g/mol. The Morgan fingerprint density at radius 2 is 2.04 bits per heavy atom. The molecule has 9 heteroatoms. The van der Waals surface area contributed by atoms with Crippen molar-refractivity contribution < 1.29 is 22.6 Å². The lowest BCUT2D eigenvalue weighted by atomic mass is 10.1. The molecule has 0 aromatic heterocycles. The van der Waals surface area contributed by atoms with Crippen LogP contribution in [0, 0.1) is 5.92 Å². The van der Waals surface area contributed by atoms with Gasteiger partial charge in [-0.25, -0.2) is 0 Å². The molecule has 1 aromatic rings. The summed E-state index contributed by atoms with van der Waals surface area (Å²) in [5.74, 6) is 1.40. The van der Waals surface area contributed by atoms with E-state index in [1.54, 1.807) is 7.05 Å². The lowest BCUT2D eigenvalue weighted by Gasteiger charge is -2.23. The predicted octanol–water partition coefficient (Wildman–Crippen LogP) is 3.77. The van der Waals surface area contributed by atoms with Gasteiger partial charge >= 0.3 is 6.18 Å². The summed E-state index contributed by atoms with van der Waals surface area (Å²) in [7, 11) is 4.77. The number of benzene rings is 1. The van der Waals surface area contributed by atoms with Crippen LogP contribution in [0.4, 0.5) is 13.2 Å². The van der Waals surface area contributed by atoms with E-state index in [0.717, 1.165) is 12.7 Å². The van der Waals surface area contributed by atoms with Crippen LogP contribution in [-0.4, -0.2) is 51.8 Å². The average molecular weight is 501 g/mol. The molecule has 1 fully saturated rings. The van der Waals surface area contributed by atoms with Crippen LogP contribution >= 0.6 is 24.0 Å². The SMILES string of the molecule is CN=C(NCc1ccc(OC)cc1C(F)(F)F)N(C)CCOCC1CC1.I. The highest BCUT2D eigenvalue weighted by Gasteiger charge is 2.33. The van der Waals surface area contributed by atoms with Crippen molar-refractivity contribution >= 4 is 29.9 Å². The van der Waals surface area contributed by atoms with Gasteiger partial charge in [-0.1, -0.05) is 6.07 Å². The van der Waals surface area contributed by atoms with Crippen molar-refractivity contribution in [2.45, 2.75) is 25.6 Å². The number of ether oxygens (including phenoxy) is 2. The molecule has 0 radical (unpaired) electrons. The van der Waals surface area contributed by atoms with E-state index in [9.17, 15) is 13.2 Å². The normalized spacial score (nSPS) is 14.5. The van der Waals surface area contributed by atoms with Crippen molar-refractivity contribution in [1.29, 1.82) is 0 Å². The number of nitrogens with zero attached hydrogens (tertiary/aromatic N) is 2. The maximum Gasteiger partial charge on any atom is 0.416 e. The van der Waals surface area contributed by atoms with E-state index in [-0.39, 0.29) is 41.8 Å². The fourth-order valence-electron chi connectivity index (χ4n) is 2.50. The quantitative estimate of drug-likeness (QED) is 0.255. The predicted molar refractivity (Wildman–Crippen MR) is 110 cm³/mol. The maximum absolute atomic E-state index is 13.3. The second-order valence-corrected chi connectivity index (χ2v) is 6.36. The van der Waals surface area contributed by atoms with Crippen molar-refractivity contribution in [1.82, 2.24) is 10.2 Å². The number of likely N-dealkylation sites (N-methyl/N-ethyl adjacent to an activating group) is 1. The van der Waals surface area contributed by atoms with Gasteiger partial charge in [0.15, 0.2) is 5.96 Å². The molecule has 0 amide bonds. The van der Waals surface area contributed by atoms with Crippen molar-refractivity contribution in [3.63, 3.8) is 0 Å². The Hall–Kier alpha value is -1.23. The first kappa shape index (κ1) is 23.8. The Kier molecular flexibility index (Phi) is 9.65. The summed E-state index contributed by atoms with van der Waals surface area (Å²) >= 11 is 0. The van der Waals surface area contributed by atoms with E-state index in [4.69, 9.17) is 9.47 Å². The number of nitrogens with one attached hydrogen (secondary N) is 1. The van der Waals surface area contributed by atoms with Gasteiger partial charge in [0.2, 0.25) is 0 Å². The first-order valence-electron chi connectivity index (χ1n) is 8.58. The summed E-state index contributed by atoms with van der Waals surface area (Å²) in [4.78, 5) is 5.96. The molecule has 5 nitrogen and oxygen atoms in total.